The van der Waals surface area contributed by atoms with Crippen LogP contribution in [0.2, 0.25) is 0 Å². The van der Waals surface area contributed by atoms with E-state index in [0.29, 0.717) is 75.9 Å². The van der Waals surface area contributed by atoms with Gasteiger partial charge in [0.15, 0.2) is 12.3 Å². The van der Waals surface area contributed by atoms with E-state index in [-0.39, 0.29) is 36.2 Å². The maximum atomic E-state index is 13.9. The number of carboxylic acids is 2. The molecule has 1 aliphatic carbocycles. The summed E-state index contributed by atoms with van der Waals surface area (Å²) in [5.41, 5.74) is 0.729. The molecule has 1 aromatic carbocycles. The molecular weight excluding hydrogens is 778 g/mol. The molecule has 8 rings (SSSR count). The number of carbonyl (C=O) groups is 6. The highest BCUT2D eigenvalue weighted by Gasteiger charge is 2.52. The van der Waals surface area contributed by atoms with Crippen molar-refractivity contribution in [1.29, 1.82) is 5.26 Å². The lowest BCUT2D eigenvalue weighted by Gasteiger charge is -2.47. The Kier molecular flexibility index (Phi) is 12.0. The first-order chi connectivity index (χ1) is 28.1. The summed E-state index contributed by atoms with van der Waals surface area (Å²) < 4.78 is 27.7. The summed E-state index contributed by atoms with van der Waals surface area (Å²) in [5.74, 6) is -1.75. The van der Waals surface area contributed by atoms with Gasteiger partial charge in [-0.25, -0.2) is 24.2 Å². The second-order valence-corrected chi connectivity index (χ2v) is 15.6. The number of amides is 4. The highest BCUT2D eigenvalue weighted by molar-refractivity contribution is 6.09. The molecule has 6 fully saturated rings. The third-order valence-corrected chi connectivity index (χ3v) is 11.8. The van der Waals surface area contributed by atoms with E-state index < -0.39 is 79.4 Å². The molecule has 0 radical (unpaired) electrons. The number of hydrazine groups is 3. The van der Waals surface area contributed by atoms with Gasteiger partial charge in [0.2, 0.25) is 5.91 Å². The van der Waals surface area contributed by atoms with Crippen LogP contribution in [0.1, 0.15) is 52.8 Å². The molecule has 6 aliphatic rings. The zero-order valence-corrected chi connectivity index (χ0v) is 32.1. The Bertz CT molecular complexity index is 2010. The lowest BCUT2D eigenvalue weighted by atomic mass is 9.86. The molecule has 4 unspecified atom stereocenters. The number of rotatable bonds is 10. The van der Waals surface area contributed by atoms with Crippen molar-refractivity contribution in [2.45, 2.75) is 62.4 Å². The predicted octanol–water partition coefficient (Wildman–Crippen LogP) is -1.08. The number of alkyl halides is 2. The molecule has 5 aliphatic heterocycles. The summed E-state index contributed by atoms with van der Waals surface area (Å²) in [6.45, 7) is 0.581. The lowest BCUT2D eigenvalue weighted by molar-refractivity contribution is -0.251. The second kappa shape index (κ2) is 17.0. The van der Waals surface area contributed by atoms with Crippen molar-refractivity contribution in [1.82, 2.24) is 50.5 Å². The summed E-state index contributed by atoms with van der Waals surface area (Å²) in [4.78, 5) is 89.1. The molecule has 20 nitrogen and oxygen atoms in total. The predicted molar refractivity (Wildman–Crippen MR) is 200 cm³/mol. The number of hydrogen-bond donors (Lipinski definition) is 5. The van der Waals surface area contributed by atoms with Crippen molar-refractivity contribution in [3.63, 3.8) is 0 Å². The summed E-state index contributed by atoms with van der Waals surface area (Å²) in [6.07, 6.45) is -0.0853. The van der Waals surface area contributed by atoms with Crippen LogP contribution >= 0.6 is 0 Å². The summed E-state index contributed by atoms with van der Waals surface area (Å²) >= 11 is 0. The molecule has 4 amide bonds. The first-order valence-electron chi connectivity index (χ1n) is 19.5. The maximum Gasteiger partial charge on any atom is 0.337 e. The number of nitrogens with one attached hydrogen (secondary N) is 2. The topological polar surface area (TPSA) is 252 Å². The number of aromatic nitrogens is 1. The molecule has 2 aromatic rings. The van der Waals surface area contributed by atoms with Gasteiger partial charge in [0.05, 0.1) is 36.8 Å². The van der Waals surface area contributed by atoms with Gasteiger partial charge in [-0.15, -0.1) is 10.1 Å². The standard InChI is InChI=1S/C37H46F2N12O8/c38-37(39)16-25(17-40)48(21-37)29(52)18-43-32(55)26-7-8-42-28-6-3-23(15-27(26)28)31(54)44-24-4-1-22(2-5-24)19-49(41)51-30(53)20-45-9-11-46-13-14-47(12-10-45)34(36(58)59)50(51)33(46)35(56)57/h3,6-8,15,22,24-25,33-34H,1-2,4-5,9-14,16,18-21,41H2,(H,43,55)(H,44,54)(H,56,57)(H,58,59)/t22?,24?,25-,33?,34?/m0/s1. The average molecular weight is 825 g/mol. The van der Waals surface area contributed by atoms with Crippen LogP contribution in [-0.4, -0.2) is 181 Å². The highest BCUT2D eigenvalue weighted by Crippen LogP contribution is 2.32. The highest BCUT2D eigenvalue weighted by atomic mass is 19.3. The zero-order chi connectivity index (χ0) is 42.2. The van der Waals surface area contributed by atoms with E-state index in [0.717, 1.165) is 20.1 Å². The minimum Gasteiger partial charge on any atom is -0.479 e. The van der Waals surface area contributed by atoms with Crippen LogP contribution in [0.3, 0.4) is 0 Å². The Labute approximate surface area is 336 Å². The molecule has 1 saturated carbocycles. The van der Waals surface area contributed by atoms with Gasteiger partial charge in [0.1, 0.15) is 6.04 Å². The van der Waals surface area contributed by atoms with E-state index in [9.17, 15) is 53.0 Å². The molecule has 5 atom stereocenters. The van der Waals surface area contributed by atoms with Crippen molar-refractivity contribution < 1.29 is 47.8 Å². The number of nitriles is 1. The van der Waals surface area contributed by atoms with E-state index in [4.69, 9.17) is 5.84 Å². The molecule has 6 heterocycles. The van der Waals surface area contributed by atoms with E-state index in [1.54, 1.807) is 28.0 Å². The van der Waals surface area contributed by atoms with Crippen LogP contribution in [0.5, 0.6) is 0 Å². The van der Waals surface area contributed by atoms with E-state index >= 15 is 0 Å². The fourth-order valence-corrected chi connectivity index (χ4v) is 8.79. The first kappa shape index (κ1) is 41.7. The third-order valence-electron chi connectivity index (χ3n) is 11.8. The van der Waals surface area contributed by atoms with Crippen LogP contribution in [0.4, 0.5) is 8.78 Å². The molecule has 6 N–H and O–H groups in total. The number of nitrogens with two attached hydrogens (primary N) is 1. The van der Waals surface area contributed by atoms with Gasteiger partial charge < -0.3 is 25.7 Å². The van der Waals surface area contributed by atoms with Crippen LogP contribution in [0.15, 0.2) is 30.5 Å². The third kappa shape index (κ3) is 8.80. The average Bonchev–Trinajstić information content (AvgIpc) is 3.52. The maximum absolute atomic E-state index is 13.9. The monoisotopic (exact) mass is 824 g/mol. The zero-order valence-electron chi connectivity index (χ0n) is 32.1. The number of hydrogen-bond acceptors (Lipinski definition) is 14. The number of likely N-dealkylation sites (tertiary alicyclic amines) is 1. The normalized spacial score (nSPS) is 30.4. The molecule has 0 spiro atoms. The Balaban J connectivity index is 0.988. The molecule has 5 saturated heterocycles. The van der Waals surface area contributed by atoms with Gasteiger partial charge in [-0.05, 0) is 55.9 Å². The Morgan fingerprint density at radius 2 is 1.59 bits per heavy atom. The fourth-order valence-electron chi connectivity index (χ4n) is 8.79. The first-order valence-corrected chi connectivity index (χ1v) is 19.5. The number of carbonyl (C=O) groups excluding carboxylic acids is 4. The number of benzene rings is 1. The minimum atomic E-state index is -3.20. The smallest absolute Gasteiger partial charge is 0.337 e. The number of carboxylic acid groups (broad SMARTS) is 2. The fraction of sp³-hybridized carbons (Fsp3) is 0.568. The molecule has 4 bridgehead atoms. The Morgan fingerprint density at radius 1 is 0.949 bits per heavy atom. The van der Waals surface area contributed by atoms with E-state index in [1.165, 1.54) is 18.3 Å². The second-order valence-electron chi connectivity index (χ2n) is 15.6. The van der Waals surface area contributed by atoms with E-state index in [1.807, 2.05) is 4.90 Å². The van der Waals surface area contributed by atoms with Crippen molar-refractivity contribution in [2.24, 2.45) is 11.8 Å². The van der Waals surface area contributed by atoms with Gasteiger partial charge in [0.25, 0.3) is 23.6 Å². The van der Waals surface area contributed by atoms with Gasteiger partial charge in [-0.3, -0.25) is 38.9 Å². The number of halogens is 2. The SMILES string of the molecule is N#C[C@@H]1CC(F)(F)CN1C(=O)CNC(=O)c1ccnc2ccc(C(=O)NC3CCC(CN(N)N4C(=O)CN5CCN6CCN(CC5)C(C(=O)O)N4C6C(=O)O)CC3)cc12. The number of aliphatic carboxylic acids is 2. The largest absolute Gasteiger partial charge is 0.479 e. The van der Waals surface area contributed by atoms with Gasteiger partial charge in [-0.1, -0.05) is 0 Å². The van der Waals surface area contributed by atoms with Crippen molar-refractivity contribution in [3.05, 3.63) is 41.6 Å². The number of pyridine rings is 1. The molecule has 1 aromatic heterocycles. The summed E-state index contributed by atoms with van der Waals surface area (Å²) in [6, 6.07) is 6.19. The van der Waals surface area contributed by atoms with Crippen molar-refractivity contribution in [2.75, 3.05) is 65.4 Å². The lowest BCUT2D eigenvalue weighted by Crippen LogP contribution is -2.71. The van der Waals surface area contributed by atoms with Crippen LogP contribution in [0.25, 0.3) is 10.9 Å². The number of fused-ring (bicyclic) bond motifs is 6. The van der Waals surface area contributed by atoms with Gasteiger partial charge >= 0.3 is 11.9 Å². The Morgan fingerprint density at radius 3 is 2.22 bits per heavy atom. The van der Waals surface area contributed by atoms with Crippen molar-refractivity contribution >= 4 is 46.5 Å². The van der Waals surface area contributed by atoms with Gasteiger partial charge in [-0.2, -0.15) is 10.4 Å². The summed E-state index contributed by atoms with van der Waals surface area (Å²) in [7, 11) is 0. The quantitative estimate of drug-likeness (QED) is 0.141. The summed E-state index contributed by atoms with van der Waals surface area (Å²) in [5, 5.41) is 39.1. The van der Waals surface area contributed by atoms with Crippen LogP contribution in [0, 0.1) is 17.2 Å². The minimum absolute atomic E-state index is 0.0772. The van der Waals surface area contributed by atoms with E-state index in [2.05, 4.69) is 15.6 Å². The molecule has 316 valence electrons. The van der Waals surface area contributed by atoms with Crippen LogP contribution < -0.4 is 16.5 Å². The molecule has 22 heteroatoms. The Hall–Kier alpha value is -5.44. The molecule has 59 heavy (non-hydrogen) atoms. The number of nitrogens with zero attached hydrogens (tertiary/aromatic N) is 9. The van der Waals surface area contributed by atoms with Crippen LogP contribution in [-0.2, 0) is 19.2 Å². The van der Waals surface area contributed by atoms with Gasteiger partial charge in [0, 0.05) is 75.4 Å². The van der Waals surface area contributed by atoms with Crippen molar-refractivity contribution in [3.8, 4) is 6.07 Å². The molecular formula is C37H46F2N12O8.